The third-order valence-corrected chi connectivity index (χ3v) is 10.4. The molecule has 0 spiro atoms. The highest BCUT2D eigenvalue weighted by atomic mass is 31.2. The summed E-state index contributed by atoms with van der Waals surface area (Å²) in [5, 5.41) is 0. The molecule has 0 aliphatic heterocycles. The largest absolute Gasteiger partial charge is 0.472 e. The van der Waals surface area contributed by atoms with Crippen molar-refractivity contribution in [3.63, 3.8) is 0 Å². The van der Waals surface area contributed by atoms with Gasteiger partial charge in [0.1, 0.15) is 6.61 Å². The number of esters is 2. The van der Waals surface area contributed by atoms with Crippen LogP contribution in [0.4, 0.5) is 0 Å². The predicted octanol–water partition coefficient (Wildman–Crippen LogP) is 13.3. The maximum atomic E-state index is 12.6. The van der Waals surface area contributed by atoms with E-state index in [4.69, 9.17) is 24.3 Å². The third-order valence-electron chi connectivity index (χ3n) is 9.38. The first kappa shape index (κ1) is 54.7. The highest BCUT2D eigenvalue weighted by molar-refractivity contribution is 7.47. The van der Waals surface area contributed by atoms with Gasteiger partial charge in [-0.15, -0.1) is 0 Å². The summed E-state index contributed by atoms with van der Waals surface area (Å²) >= 11 is 0. The van der Waals surface area contributed by atoms with E-state index in [-0.39, 0.29) is 32.6 Å². The van der Waals surface area contributed by atoms with Crippen molar-refractivity contribution in [3.05, 3.63) is 60.8 Å². The van der Waals surface area contributed by atoms with Gasteiger partial charge in [0.05, 0.1) is 13.2 Å². The van der Waals surface area contributed by atoms with E-state index in [2.05, 4.69) is 68.5 Å². The minimum atomic E-state index is -4.39. The molecule has 0 aliphatic carbocycles. The third kappa shape index (κ3) is 43.1. The van der Waals surface area contributed by atoms with Crippen molar-refractivity contribution in [2.45, 2.75) is 200 Å². The normalized spacial score (nSPS) is 13.8. The SMILES string of the molecule is CCCCC/C=C\C/C=C\C/C=C\C/C=C\CCCC(=O)OC[C@H](COP(=O)(O)OCCN)OC(=O)CCCCCCCCC/C=C\CCCCCCCCCC. The standard InChI is InChI=1S/C47H84NO8P/c1-3-5-7-9-11-13-15-17-19-21-22-24-26-28-30-32-34-36-38-40-47(50)56-45(44-55-57(51,52)54-42-41-48)43-53-46(49)39-37-35-33-31-29-27-25-23-20-18-16-14-12-10-8-6-4-2/h12,14,18,20-22,25,27,31,33,45H,3-11,13,15-17,19,23-24,26,28-30,32,34-44,48H2,1-2H3,(H,51,52)/b14-12-,20-18-,22-21-,27-25-,33-31-/t45-/m1/s1. The van der Waals surface area contributed by atoms with Crippen LogP contribution in [0, 0.1) is 0 Å². The number of rotatable bonds is 42. The monoisotopic (exact) mass is 822 g/mol. The summed E-state index contributed by atoms with van der Waals surface area (Å²) in [7, 11) is -4.39. The first-order valence-corrected chi connectivity index (χ1v) is 24.3. The molecule has 57 heavy (non-hydrogen) atoms. The van der Waals surface area contributed by atoms with E-state index in [9.17, 15) is 19.0 Å². The molecule has 0 saturated carbocycles. The fraction of sp³-hybridized carbons (Fsp3) is 0.745. The number of carbonyl (C=O) groups is 2. The van der Waals surface area contributed by atoms with Crippen molar-refractivity contribution in [1.82, 2.24) is 0 Å². The number of unbranched alkanes of at least 4 members (excludes halogenated alkanes) is 19. The summed E-state index contributed by atoms with van der Waals surface area (Å²) in [5.41, 5.74) is 5.35. The molecule has 0 rings (SSSR count). The van der Waals surface area contributed by atoms with Gasteiger partial charge in [-0.25, -0.2) is 4.57 Å². The van der Waals surface area contributed by atoms with Gasteiger partial charge in [-0.05, 0) is 77.0 Å². The van der Waals surface area contributed by atoms with Crippen LogP contribution in [0.2, 0.25) is 0 Å². The average molecular weight is 822 g/mol. The van der Waals surface area contributed by atoms with Crippen molar-refractivity contribution in [1.29, 1.82) is 0 Å². The molecular formula is C47H84NO8P. The number of carbonyl (C=O) groups excluding carboxylic acids is 2. The fourth-order valence-corrected chi connectivity index (χ4v) is 6.74. The summed E-state index contributed by atoms with van der Waals surface area (Å²) < 4.78 is 32.8. The van der Waals surface area contributed by atoms with E-state index in [1.807, 2.05) is 6.08 Å². The van der Waals surface area contributed by atoms with Gasteiger partial charge in [0.15, 0.2) is 6.10 Å². The number of phosphoric acid groups is 1. The smallest absolute Gasteiger partial charge is 0.462 e. The molecule has 0 amide bonds. The van der Waals surface area contributed by atoms with Gasteiger partial charge in [0, 0.05) is 19.4 Å². The van der Waals surface area contributed by atoms with Crippen LogP contribution in [0.5, 0.6) is 0 Å². The van der Waals surface area contributed by atoms with Gasteiger partial charge < -0.3 is 20.1 Å². The van der Waals surface area contributed by atoms with Gasteiger partial charge in [0.25, 0.3) is 0 Å². The summed E-state index contributed by atoms with van der Waals surface area (Å²) in [6, 6.07) is 0. The lowest BCUT2D eigenvalue weighted by atomic mass is 10.1. The van der Waals surface area contributed by atoms with Crippen LogP contribution >= 0.6 is 7.82 Å². The average Bonchev–Trinajstić information content (AvgIpc) is 3.20. The van der Waals surface area contributed by atoms with Gasteiger partial charge in [-0.3, -0.25) is 18.6 Å². The zero-order valence-corrected chi connectivity index (χ0v) is 37.2. The lowest BCUT2D eigenvalue weighted by Gasteiger charge is -2.19. The molecule has 0 aromatic heterocycles. The Morgan fingerprint density at radius 2 is 0.930 bits per heavy atom. The Balaban J connectivity index is 4.22. The van der Waals surface area contributed by atoms with E-state index >= 15 is 0 Å². The van der Waals surface area contributed by atoms with E-state index in [1.54, 1.807) is 0 Å². The molecule has 0 aromatic carbocycles. The Labute approximate surface area is 349 Å². The molecule has 0 fully saturated rings. The Morgan fingerprint density at radius 1 is 0.526 bits per heavy atom. The summed E-state index contributed by atoms with van der Waals surface area (Å²) in [6.45, 7) is 3.64. The topological polar surface area (TPSA) is 134 Å². The fourth-order valence-electron chi connectivity index (χ4n) is 5.97. The number of ether oxygens (including phenoxy) is 2. The summed E-state index contributed by atoms with van der Waals surface area (Å²) in [6.07, 6.45) is 51.1. The lowest BCUT2D eigenvalue weighted by molar-refractivity contribution is -0.161. The van der Waals surface area contributed by atoms with Crippen LogP contribution < -0.4 is 5.73 Å². The summed E-state index contributed by atoms with van der Waals surface area (Å²) in [4.78, 5) is 34.9. The number of hydrogen-bond donors (Lipinski definition) is 2. The molecule has 0 aromatic rings. The molecule has 9 nitrogen and oxygen atoms in total. The molecular weight excluding hydrogens is 737 g/mol. The number of allylic oxidation sites excluding steroid dienone is 10. The first-order valence-electron chi connectivity index (χ1n) is 22.8. The van der Waals surface area contributed by atoms with E-state index < -0.39 is 32.5 Å². The van der Waals surface area contributed by atoms with Crippen LogP contribution in [0.1, 0.15) is 194 Å². The minimum absolute atomic E-state index is 0.0434. The molecule has 330 valence electrons. The molecule has 0 aliphatic rings. The zero-order valence-electron chi connectivity index (χ0n) is 36.3. The maximum Gasteiger partial charge on any atom is 0.472 e. The lowest BCUT2D eigenvalue weighted by Crippen LogP contribution is -2.29. The Kier molecular flexibility index (Phi) is 41.6. The van der Waals surface area contributed by atoms with Crippen LogP contribution in [0.25, 0.3) is 0 Å². The number of phosphoric ester groups is 1. The van der Waals surface area contributed by atoms with E-state index in [0.717, 1.165) is 51.4 Å². The van der Waals surface area contributed by atoms with Crippen molar-refractivity contribution in [2.75, 3.05) is 26.4 Å². The second kappa shape index (κ2) is 43.3. The quantitative estimate of drug-likeness (QED) is 0.0267. The van der Waals surface area contributed by atoms with Crippen molar-refractivity contribution in [2.24, 2.45) is 5.73 Å². The molecule has 0 heterocycles. The zero-order chi connectivity index (χ0) is 41.8. The predicted molar refractivity (Wildman–Crippen MR) is 238 cm³/mol. The molecule has 10 heteroatoms. The summed E-state index contributed by atoms with van der Waals surface area (Å²) in [5.74, 6) is -0.900. The molecule has 0 radical (unpaired) electrons. The van der Waals surface area contributed by atoms with Gasteiger partial charge >= 0.3 is 19.8 Å². The van der Waals surface area contributed by atoms with Crippen LogP contribution in [0.3, 0.4) is 0 Å². The van der Waals surface area contributed by atoms with E-state index in [1.165, 1.54) is 103 Å². The molecule has 3 N–H and O–H groups in total. The van der Waals surface area contributed by atoms with Crippen LogP contribution in [-0.4, -0.2) is 49.3 Å². The number of hydrogen-bond acceptors (Lipinski definition) is 8. The minimum Gasteiger partial charge on any atom is -0.462 e. The van der Waals surface area contributed by atoms with Crippen LogP contribution in [0.15, 0.2) is 60.8 Å². The maximum absolute atomic E-state index is 12.6. The van der Waals surface area contributed by atoms with Gasteiger partial charge in [-0.1, -0.05) is 164 Å². The van der Waals surface area contributed by atoms with E-state index in [0.29, 0.717) is 12.8 Å². The molecule has 2 atom stereocenters. The Morgan fingerprint density at radius 3 is 1.46 bits per heavy atom. The highest BCUT2D eigenvalue weighted by Crippen LogP contribution is 2.43. The highest BCUT2D eigenvalue weighted by Gasteiger charge is 2.26. The molecule has 0 saturated heterocycles. The molecule has 1 unspecified atom stereocenters. The van der Waals surface area contributed by atoms with Crippen LogP contribution in [-0.2, 0) is 32.7 Å². The Bertz CT molecular complexity index is 1120. The van der Waals surface area contributed by atoms with Crippen molar-refractivity contribution >= 4 is 19.8 Å². The van der Waals surface area contributed by atoms with Gasteiger partial charge in [0.2, 0.25) is 0 Å². The first-order chi connectivity index (χ1) is 27.8. The molecule has 0 bridgehead atoms. The number of nitrogens with two attached hydrogens (primary N) is 1. The van der Waals surface area contributed by atoms with Crippen molar-refractivity contribution < 1.29 is 37.6 Å². The second-order valence-electron chi connectivity index (χ2n) is 14.9. The second-order valence-corrected chi connectivity index (χ2v) is 16.4. The Hall–Kier alpha value is -2.29. The van der Waals surface area contributed by atoms with Gasteiger partial charge in [-0.2, -0.15) is 0 Å². The van der Waals surface area contributed by atoms with Crippen molar-refractivity contribution in [3.8, 4) is 0 Å².